The summed E-state index contributed by atoms with van der Waals surface area (Å²) in [7, 11) is 0. The molecule has 2 aromatic heterocycles. The fraction of sp³-hybridized carbons (Fsp3) is 0. The van der Waals surface area contributed by atoms with Crippen LogP contribution in [0.3, 0.4) is 0 Å². The number of aromatic carboxylic acids is 1. The van der Waals surface area contributed by atoms with Crippen LogP contribution in [0.4, 0.5) is 0 Å². The number of halogens is 1. The maximum atomic E-state index is 10.8. The SMILES string of the molecule is O=C(O)c1cnc2cccnc2c1Br. The lowest BCUT2D eigenvalue weighted by Gasteiger charge is -2.01. The fourth-order valence-corrected chi connectivity index (χ4v) is 1.71. The van der Waals surface area contributed by atoms with Gasteiger partial charge in [0.15, 0.2) is 0 Å². The van der Waals surface area contributed by atoms with E-state index in [-0.39, 0.29) is 5.56 Å². The third-order valence-electron chi connectivity index (χ3n) is 1.79. The van der Waals surface area contributed by atoms with Crippen LogP contribution in [-0.4, -0.2) is 21.0 Å². The molecular weight excluding hydrogens is 248 g/mol. The summed E-state index contributed by atoms with van der Waals surface area (Å²) in [6.07, 6.45) is 2.91. The van der Waals surface area contributed by atoms with E-state index in [1.807, 2.05) is 0 Å². The van der Waals surface area contributed by atoms with Crippen molar-refractivity contribution >= 4 is 32.9 Å². The largest absolute Gasteiger partial charge is 0.478 e. The summed E-state index contributed by atoms with van der Waals surface area (Å²) < 4.78 is 0.468. The minimum atomic E-state index is -1.02. The fourth-order valence-electron chi connectivity index (χ4n) is 1.14. The summed E-state index contributed by atoms with van der Waals surface area (Å²) in [4.78, 5) is 18.8. The minimum Gasteiger partial charge on any atom is -0.478 e. The number of rotatable bonds is 1. The highest BCUT2D eigenvalue weighted by molar-refractivity contribution is 9.10. The number of carbonyl (C=O) groups is 1. The van der Waals surface area contributed by atoms with Gasteiger partial charge in [0, 0.05) is 12.4 Å². The molecule has 2 heterocycles. The molecule has 0 amide bonds. The third-order valence-corrected chi connectivity index (χ3v) is 2.60. The van der Waals surface area contributed by atoms with Gasteiger partial charge >= 0.3 is 5.97 Å². The van der Waals surface area contributed by atoms with Crippen LogP contribution >= 0.6 is 15.9 Å². The molecule has 5 heteroatoms. The maximum absolute atomic E-state index is 10.8. The molecule has 70 valence electrons. The van der Waals surface area contributed by atoms with Gasteiger partial charge in [-0.3, -0.25) is 9.97 Å². The van der Waals surface area contributed by atoms with Gasteiger partial charge in [0.25, 0.3) is 0 Å². The maximum Gasteiger partial charge on any atom is 0.338 e. The van der Waals surface area contributed by atoms with Crippen molar-refractivity contribution in [2.45, 2.75) is 0 Å². The zero-order valence-electron chi connectivity index (χ0n) is 6.94. The van der Waals surface area contributed by atoms with Gasteiger partial charge in [-0.05, 0) is 28.1 Å². The van der Waals surface area contributed by atoms with Gasteiger partial charge in [-0.15, -0.1) is 0 Å². The number of aromatic nitrogens is 2. The standard InChI is InChI=1S/C9H5BrN2O2/c10-7-5(9(13)14)4-12-6-2-1-3-11-8(6)7/h1-4H,(H,13,14). The molecule has 2 aromatic rings. The van der Waals surface area contributed by atoms with E-state index in [4.69, 9.17) is 5.11 Å². The molecule has 0 unspecified atom stereocenters. The van der Waals surface area contributed by atoms with Gasteiger partial charge in [0.05, 0.1) is 15.6 Å². The van der Waals surface area contributed by atoms with E-state index >= 15 is 0 Å². The van der Waals surface area contributed by atoms with Gasteiger partial charge < -0.3 is 5.11 Å². The highest BCUT2D eigenvalue weighted by Crippen LogP contribution is 2.23. The molecule has 0 saturated carbocycles. The van der Waals surface area contributed by atoms with Gasteiger partial charge in [-0.2, -0.15) is 0 Å². The molecule has 0 bridgehead atoms. The van der Waals surface area contributed by atoms with E-state index in [1.54, 1.807) is 18.3 Å². The molecule has 1 N–H and O–H groups in total. The number of pyridine rings is 2. The number of carboxylic acids is 1. The van der Waals surface area contributed by atoms with Crippen LogP contribution < -0.4 is 0 Å². The first-order chi connectivity index (χ1) is 6.70. The average Bonchev–Trinajstić information content (AvgIpc) is 2.18. The first-order valence-corrected chi connectivity index (χ1v) is 4.62. The second-order valence-corrected chi connectivity index (χ2v) is 3.46. The molecule has 14 heavy (non-hydrogen) atoms. The van der Waals surface area contributed by atoms with Crippen LogP contribution in [0.15, 0.2) is 29.0 Å². The zero-order chi connectivity index (χ0) is 10.1. The topological polar surface area (TPSA) is 63.1 Å². The van der Waals surface area contributed by atoms with Crippen molar-refractivity contribution in [3.8, 4) is 0 Å². The normalized spacial score (nSPS) is 10.4. The lowest BCUT2D eigenvalue weighted by atomic mass is 10.2. The Hall–Kier alpha value is -1.49. The van der Waals surface area contributed by atoms with Crippen molar-refractivity contribution < 1.29 is 9.90 Å². The van der Waals surface area contributed by atoms with Gasteiger partial charge in [-0.1, -0.05) is 0 Å². The van der Waals surface area contributed by atoms with Crippen LogP contribution in [0.5, 0.6) is 0 Å². The number of nitrogens with zero attached hydrogens (tertiary/aromatic N) is 2. The Morgan fingerprint density at radius 2 is 2.21 bits per heavy atom. The quantitative estimate of drug-likeness (QED) is 0.845. The predicted molar refractivity (Wildman–Crippen MR) is 54.2 cm³/mol. The second-order valence-electron chi connectivity index (χ2n) is 2.66. The van der Waals surface area contributed by atoms with Crippen LogP contribution in [0.25, 0.3) is 11.0 Å². The minimum absolute atomic E-state index is 0.121. The van der Waals surface area contributed by atoms with E-state index in [0.717, 1.165) is 0 Å². The van der Waals surface area contributed by atoms with Crippen LogP contribution in [0, 0.1) is 0 Å². The van der Waals surface area contributed by atoms with Crippen molar-refractivity contribution in [1.82, 2.24) is 9.97 Å². The van der Waals surface area contributed by atoms with E-state index in [2.05, 4.69) is 25.9 Å². The van der Waals surface area contributed by atoms with Crippen molar-refractivity contribution in [2.24, 2.45) is 0 Å². The molecule has 0 aliphatic heterocycles. The van der Waals surface area contributed by atoms with Crippen LogP contribution in [0.1, 0.15) is 10.4 Å². The Morgan fingerprint density at radius 1 is 1.43 bits per heavy atom. The Morgan fingerprint density at radius 3 is 2.93 bits per heavy atom. The average molecular weight is 253 g/mol. The van der Waals surface area contributed by atoms with E-state index in [9.17, 15) is 4.79 Å². The lowest BCUT2D eigenvalue weighted by Crippen LogP contribution is -1.99. The molecule has 0 aliphatic carbocycles. The summed E-state index contributed by atoms with van der Waals surface area (Å²) in [6.45, 7) is 0. The molecule has 2 rings (SSSR count). The van der Waals surface area contributed by atoms with Crippen molar-refractivity contribution in [1.29, 1.82) is 0 Å². The van der Waals surface area contributed by atoms with Crippen LogP contribution in [-0.2, 0) is 0 Å². The van der Waals surface area contributed by atoms with Crippen molar-refractivity contribution in [3.63, 3.8) is 0 Å². The molecule has 0 radical (unpaired) electrons. The first kappa shape index (κ1) is 9.08. The summed E-state index contributed by atoms with van der Waals surface area (Å²) >= 11 is 3.20. The van der Waals surface area contributed by atoms with E-state index in [1.165, 1.54) is 6.20 Å². The summed E-state index contributed by atoms with van der Waals surface area (Å²) in [5.41, 5.74) is 1.35. The molecular formula is C9H5BrN2O2. The van der Waals surface area contributed by atoms with E-state index in [0.29, 0.717) is 15.5 Å². The molecule has 0 saturated heterocycles. The highest BCUT2D eigenvalue weighted by Gasteiger charge is 2.12. The van der Waals surface area contributed by atoms with Gasteiger partial charge in [-0.25, -0.2) is 4.79 Å². The summed E-state index contributed by atoms with van der Waals surface area (Å²) in [5.74, 6) is -1.02. The Bertz CT molecular complexity index is 513. The molecule has 0 atom stereocenters. The van der Waals surface area contributed by atoms with Crippen molar-refractivity contribution in [3.05, 3.63) is 34.6 Å². The monoisotopic (exact) mass is 252 g/mol. The third kappa shape index (κ3) is 1.35. The number of fused-ring (bicyclic) bond motifs is 1. The Balaban J connectivity index is 2.81. The predicted octanol–water partition coefficient (Wildman–Crippen LogP) is 2.09. The van der Waals surface area contributed by atoms with Crippen LogP contribution in [0.2, 0.25) is 0 Å². The zero-order valence-corrected chi connectivity index (χ0v) is 8.52. The summed E-state index contributed by atoms with van der Waals surface area (Å²) in [6, 6.07) is 3.53. The van der Waals surface area contributed by atoms with E-state index < -0.39 is 5.97 Å². The summed E-state index contributed by atoms with van der Waals surface area (Å²) in [5, 5.41) is 8.83. The number of hydrogen-bond acceptors (Lipinski definition) is 3. The molecule has 0 fully saturated rings. The Labute approximate surface area is 87.7 Å². The molecule has 0 aromatic carbocycles. The van der Waals surface area contributed by atoms with Gasteiger partial charge in [0.2, 0.25) is 0 Å². The highest BCUT2D eigenvalue weighted by atomic mass is 79.9. The van der Waals surface area contributed by atoms with Crippen molar-refractivity contribution in [2.75, 3.05) is 0 Å². The molecule has 4 nitrogen and oxygen atoms in total. The molecule has 0 spiro atoms. The first-order valence-electron chi connectivity index (χ1n) is 3.82. The smallest absolute Gasteiger partial charge is 0.338 e. The second kappa shape index (κ2) is 3.34. The Kier molecular flexibility index (Phi) is 2.17. The molecule has 0 aliphatic rings. The number of hydrogen-bond donors (Lipinski definition) is 1. The van der Waals surface area contributed by atoms with Gasteiger partial charge in [0.1, 0.15) is 5.52 Å². The number of carboxylic acid groups (broad SMARTS) is 1. The lowest BCUT2D eigenvalue weighted by molar-refractivity contribution is 0.0695.